The summed E-state index contributed by atoms with van der Waals surface area (Å²) in [7, 11) is 0. The van der Waals surface area contributed by atoms with Crippen molar-refractivity contribution in [2.24, 2.45) is 23.7 Å². The lowest BCUT2D eigenvalue weighted by atomic mass is 9.85. The Bertz CT molecular complexity index is 515. The molecule has 2 fully saturated rings. The molecular formula is C14H13NO3. The Morgan fingerprint density at radius 3 is 2.39 bits per heavy atom. The molecule has 4 atom stereocenters. The Balaban J connectivity index is 1.64. The average molecular weight is 243 g/mol. The van der Waals surface area contributed by atoms with Crippen LogP contribution < -0.4 is 0 Å². The number of imide groups is 1. The number of nitrogens with zero attached hydrogens (tertiary/aromatic N) is 1. The number of hydrogen-bond acceptors (Lipinski definition) is 3. The van der Waals surface area contributed by atoms with E-state index in [-0.39, 0.29) is 42.0 Å². The zero-order valence-electron chi connectivity index (χ0n) is 9.78. The summed E-state index contributed by atoms with van der Waals surface area (Å²) >= 11 is 0. The quantitative estimate of drug-likeness (QED) is 0.585. The van der Waals surface area contributed by atoms with Crippen molar-refractivity contribution in [3.05, 3.63) is 36.3 Å². The molecular weight excluding hydrogens is 230 g/mol. The maximum atomic E-state index is 12.3. The Hall–Kier alpha value is -1.84. The zero-order chi connectivity index (χ0) is 12.3. The largest absolute Gasteiger partial charge is 0.467 e. The van der Waals surface area contributed by atoms with Gasteiger partial charge in [-0.05, 0) is 30.4 Å². The van der Waals surface area contributed by atoms with Gasteiger partial charge in [0.1, 0.15) is 5.76 Å². The number of amides is 2. The molecule has 1 aliphatic heterocycles. The van der Waals surface area contributed by atoms with Crippen molar-refractivity contribution < 1.29 is 14.0 Å². The first kappa shape index (κ1) is 10.1. The Morgan fingerprint density at radius 1 is 1.17 bits per heavy atom. The van der Waals surface area contributed by atoms with Crippen LogP contribution in [0.2, 0.25) is 0 Å². The van der Waals surface area contributed by atoms with Gasteiger partial charge < -0.3 is 4.42 Å². The summed E-state index contributed by atoms with van der Waals surface area (Å²) in [5.74, 6) is 0.967. The van der Waals surface area contributed by atoms with Crippen LogP contribution in [0.5, 0.6) is 0 Å². The number of likely N-dealkylation sites (tertiary alicyclic amines) is 1. The van der Waals surface area contributed by atoms with Crippen molar-refractivity contribution in [1.29, 1.82) is 0 Å². The molecule has 0 aromatic carbocycles. The fourth-order valence-electron chi connectivity index (χ4n) is 3.68. The molecule has 0 N–H and O–H groups in total. The monoisotopic (exact) mass is 243 g/mol. The van der Waals surface area contributed by atoms with E-state index >= 15 is 0 Å². The minimum absolute atomic E-state index is 0.0155. The minimum atomic E-state index is -0.109. The smallest absolute Gasteiger partial charge is 0.234 e. The van der Waals surface area contributed by atoms with E-state index in [2.05, 4.69) is 12.2 Å². The first-order chi connectivity index (χ1) is 8.75. The van der Waals surface area contributed by atoms with E-state index < -0.39 is 0 Å². The van der Waals surface area contributed by atoms with Gasteiger partial charge >= 0.3 is 0 Å². The molecule has 0 unspecified atom stereocenters. The highest BCUT2D eigenvalue weighted by Crippen LogP contribution is 2.52. The number of carbonyl (C=O) groups excluding carboxylic acids is 2. The molecule has 1 aromatic rings. The topological polar surface area (TPSA) is 50.5 Å². The van der Waals surface area contributed by atoms with Crippen LogP contribution in [0.4, 0.5) is 0 Å². The summed E-state index contributed by atoms with van der Waals surface area (Å²) in [6.45, 7) is 0.275. The average Bonchev–Trinajstić information content (AvgIpc) is 3.10. The third kappa shape index (κ3) is 1.15. The van der Waals surface area contributed by atoms with Crippen LogP contribution in [-0.2, 0) is 16.1 Å². The Morgan fingerprint density at radius 2 is 1.83 bits per heavy atom. The van der Waals surface area contributed by atoms with Crippen molar-refractivity contribution in [1.82, 2.24) is 4.90 Å². The normalized spacial score (nSPS) is 36.8. The summed E-state index contributed by atoms with van der Waals surface area (Å²) in [6, 6.07) is 3.56. The van der Waals surface area contributed by atoms with Gasteiger partial charge in [0.05, 0.1) is 24.6 Å². The van der Waals surface area contributed by atoms with Crippen LogP contribution >= 0.6 is 0 Å². The molecule has 0 radical (unpaired) electrons. The molecule has 1 aromatic heterocycles. The Labute approximate surface area is 104 Å². The predicted molar refractivity (Wildman–Crippen MR) is 62.0 cm³/mol. The van der Waals surface area contributed by atoms with Crippen molar-refractivity contribution in [3.8, 4) is 0 Å². The summed E-state index contributed by atoms with van der Waals surface area (Å²) in [5.41, 5.74) is 0. The molecule has 2 heterocycles. The van der Waals surface area contributed by atoms with Gasteiger partial charge in [-0.2, -0.15) is 0 Å². The fourth-order valence-corrected chi connectivity index (χ4v) is 3.68. The molecule has 4 nitrogen and oxygen atoms in total. The second-order valence-electron chi connectivity index (χ2n) is 5.34. The SMILES string of the molecule is O=C1[C@@H]2[C@H](C(=O)N1Cc1ccco1)[C@@H]1C=C[C@H]2C1. The molecule has 1 saturated carbocycles. The second-order valence-corrected chi connectivity index (χ2v) is 5.34. The van der Waals surface area contributed by atoms with Crippen molar-refractivity contribution in [3.63, 3.8) is 0 Å². The molecule has 92 valence electrons. The van der Waals surface area contributed by atoms with Gasteiger partial charge in [0, 0.05) is 0 Å². The minimum Gasteiger partial charge on any atom is -0.467 e. The number of fused-ring (bicyclic) bond motifs is 5. The molecule has 2 aliphatic carbocycles. The van der Waals surface area contributed by atoms with Gasteiger partial charge in [0.2, 0.25) is 11.8 Å². The van der Waals surface area contributed by atoms with Gasteiger partial charge in [0.15, 0.2) is 0 Å². The molecule has 3 aliphatic rings. The summed E-state index contributed by atoms with van der Waals surface area (Å²) in [4.78, 5) is 26.1. The van der Waals surface area contributed by atoms with E-state index in [9.17, 15) is 9.59 Å². The van der Waals surface area contributed by atoms with E-state index in [1.165, 1.54) is 4.90 Å². The number of rotatable bonds is 2. The number of furan rings is 1. The molecule has 1 saturated heterocycles. The molecule has 2 amide bonds. The zero-order valence-corrected chi connectivity index (χ0v) is 9.78. The maximum Gasteiger partial charge on any atom is 0.234 e. The highest BCUT2D eigenvalue weighted by atomic mass is 16.3. The van der Waals surface area contributed by atoms with E-state index in [0.29, 0.717) is 5.76 Å². The van der Waals surface area contributed by atoms with E-state index in [4.69, 9.17) is 4.42 Å². The van der Waals surface area contributed by atoms with Crippen molar-refractivity contribution in [2.45, 2.75) is 13.0 Å². The van der Waals surface area contributed by atoms with Crippen LogP contribution in [0.15, 0.2) is 35.0 Å². The van der Waals surface area contributed by atoms with Crippen molar-refractivity contribution >= 4 is 11.8 Å². The predicted octanol–water partition coefficient (Wildman–Crippen LogP) is 1.59. The lowest BCUT2D eigenvalue weighted by Crippen LogP contribution is -2.32. The number of hydrogen-bond donors (Lipinski definition) is 0. The summed E-state index contributed by atoms with van der Waals surface area (Å²) in [6.07, 6.45) is 6.74. The highest BCUT2D eigenvalue weighted by molar-refractivity contribution is 6.06. The van der Waals surface area contributed by atoms with Crippen LogP contribution in [-0.4, -0.2) is 16.7 Å². The van der Waals surface area contributed by atoms with E-state index in [1.54, 1.807) is 18.4 Å². The summed E-state index contributed by atoms with van der Waals surface area (Å²) in [5, 5.41) is 0. The standard InChI is InChI=1S/C14H13NO3/c16-13-11-8-3-4-9(6-8)12(11)14(17)15(13)7-10-2-1-5-18-10/h1-5,8-9,11-12H,6-7H2/t8-,9+,11-,12+. The third-order valence-corrected chi connectivity index (χ3v) is 4.46. The van der Waals surface area contributed by atoms with Gasteiger partial charge in [0.25, 0.3) is 0 Å². The lowest BCUT2D eigenvalue weighted by Gasteiger charge is -2.15. The molecule has 4 rings (SSSR count). The molecule has 2 bridgehead atoms. The fraction of sp³-hybridized carbons (Fsp3) is 0.429. The summed E-state index contributed by atoms with van der Waals surface area (Å²) < 4.78 is 5.22. The van der Waals surface area contributed by atoms with E-state index in [0.717, 1.165) is 6.42 Å². The van der Waals surface area contributed by atoms with Gasteiger partial charge in [-0.1, -0.05) is 12.2 Å². The first-order valence-corrected chi connectivity index (χ1v) is 6.31. The third-order valence-electron chi connectivity index (χ3n) is 4.46. The Kier molecular flexibility index (Phi) is 1.88. The van der Waals surface area contributed by atoms with Crippen molar-refractivity contribution in [2.75, 3.05) is 0 Å². The van der Waals surface area contributed by atoms with Gasteiger partial charge in [-0.15, -0.1) is 0 Å². The molecule has 4 heteroatoms. The lowest BCUT2D eigenvalue weighted by molar-refractivity contribution is -0.141. The second kappa shape index (κ2) is 3.34. The number of allylic oxidation sites excluding steroid dienone is 2. The van der Waals surface area contributed by atoms with Gasteiger partial charge in [-0.25, -0.2) is 0 Å². The van der Waals surface area contributed by atoms with Crippen LogP contribution in [0.3, 0.4) is 0 Å². The number of carbonyl (C=O) groups is 2. The molecule has 18 heavy (non-hydrogen) atoms. The van der Waals surface area contributed by atoms with Crippen LogP contribution in [0.1, 0.15) is 12.2 Å². The first-order valence-electron chi connectivity index (χ1n) is 6.31. The van der Waals surface area contributed by atoms with Gasteiger partial charge in [-0.3, -0.25) is 14.5 Å². The van der Waals surface area contributed by atoms with E-state index in [1.807, 2.05) is 0 Å². The highest BCUT2D eigenvalue weighted by Gasteiger charge is 2.59. The van der Waals surface area contributed by atoms with Crippen LogP contribution in [0.25, 0.3) is 0 Å². The maximum absolute atomic E-state index is 12.3. The van der Waals surface area contributed by atoms with Crippen LogP contribution in [0, 0.1) is 23.7 Å². The molecule has 0 spiro atoms.